The smallest absolute Gasteiger partial charge is 0.255 e. The van der Waals surface area contributed by atoms with Gasteiger partial charge in [-0.2, -0.15) is 0 Å². The zero-order valence-electron chi connectivity index (χ0n) is 13.0. The van der Waals surface area contributed by atoms with Crippen molar-refractivity contribution in [3.63, 3.8) is 0 Å². The molecule has 1 amide bonds. The van der Waals surface area contributed by atoms with E-state index in [1.807, 2.05) is 23.6 Å². The lowest BCUT2D eigenvalue weighted by molar-refractivity contribution is 0.0762. The van der Waals surface area contributed by atoms with Gasteiger partial charge in [0.05, 0.1) is 26.3 Å². The molecule has 0 bridgehead atoms. The predicted molar refractivity (Wildman–Crippen MR) is 102 cm³/mol. The molecule has 6 heteroatoms. The highest BCUT2D eigenvalue weighted by Crippen LogP contribution is 2.32. The average molecular weight is 443 g/mol. The molecule has 0 N–H and O–H groups in total. The van der Waals surface area contributed by atoms with E-state index in [0.717, 1.165) is 8.45 Å². The monoisotopic (exact) mass is 443 g/mol. The third-order valence-corrected chi connectivity index (χ3v) is 5.02. The van der Waals surface area contributed by atoms with Gasteiger partial charge in [-0.05, 0) is 46.2 Å². The molecule has 0 atom stereocenters. The van der Waals surface area contributed by atoms with Crippen molar-refractivity contribution in [2.75, 3.05) is 20.8 Å². The lowest BCUT2D eigenvalue weighted by Gasteiger charge is -2.22. The number of hydrogen-bond acceptors (Lipinski definition) is 4. The number of benzene rings is 1. The number of carbonyl (C=O) groups is 1. The van der Waals surface area contributed by atoms with E-state index in [1.165, 1.54) is 0 Å². The average Bonchev–Trinajstić information content (AvgIpc) is 3.06. The summed E-state index contributed by atoms with van der Waals surface area (Å²) in [6.07, 6.45) is 1.74. The first-order chi connectivity index (χ1) is 11.1. The van der Waals surface area contributed by atoms with Crippen LogP contribution in [0.15, 0.2) is 42.3 Å². The summed E-state index contributed by atoms with van der Waals surface area (Å²) in [5.41, 5.74) is 0.599. The van der Waals surface area contributed by atoms with Crippen LogP contribution < -0.4 is 9.47 Å². The molecule has 1 heterocycles. The number of ether oxygens (including phenoxy) is 2. The molecule has 2 aromatic rings. The molecule has 0 aliphatic rings. The molecule has 23 heavy (non-hydrogen) atoms. The van der Waals surface area contributed by atoms with E-state index in [2.05, 4.69) is 29.2 Å². The van der Waals surface area contributed by atoms with Crippen LogP contribution in [0.2, 0.25) is 0 Å². The van der Waals surface area contributed by atoms with Crippen LogP contribution in [0.3, 0.4) is 0 Å². The zero-order chi connectivity index (χ0) is 16.8. The van der Waals surface area contributed by atoms with Crippen molar-refractivity contribution < 1.29 is 14.3 Å². The standard InChI is InChI=1S/C17H18INO3S/c1-4-7-19(11-12-6-5-8-23-12)17(20)13-9-15(21-2)16(22-3)10-14(13)18/h4-6,8-10H,1,7,11H2,2-3H3. The summed E-state index contributed by atoms with van der Waals surface area (Å²) in [6.45, 7) is 4.80. The van der Waals surface area contributed by atoms with Gasteiger partial charge < -0.3 is 14.4 Å². The van der Waals surface area contributed by atoms with Gasteiger partial charge in [0, 0.05) is 15.0 Å². The molecule has 0 unspecified atom stereocenters. The van der Waals surface area contributed by atoms with E-state index in [4.69, 9.17) is 9.47 Å². The van der Waals surface area contributed by atoms with E-state index in [0.29, 0.717) is 30.2 Å². The minimum atomic E-state index is -0.0522. The van der Waals surface area contributed by atoms with Crippen LogP contribution in [-0.4, -0.2) is 31.6 Å². The number of methoxy groups -OCH3 is 2. The third kappa shape index (κ3) is 4.26. The fraction of sp³-hybridized carbons (Fsp3) is 0.235. The van der Waals surface area contributed by atoms with Gasteiger partial charge in [0.1, 0.15) is 0 Å². The Kier molecular flexibility index (Phi) is 6.47. The molecule has 1 aromatic heterocycles. The van der Waals surface area contributed by atoms with Crippen LogP contribution in [0.5, 0.6) is 11.5 Å². The molecule has 1 aromatic carbocycles. The van der Waals surface area contributed by atoms with Gasteiger partial charge in [-0.3, -0.25) is 4.79 Å². The van der Waals surface area contributed by atoms with Crippen LogP contribution in [0.25, 0.3) is 0 Å². The van der Waals surface area contributed by atoms with Gasteiger partial charge in [-0.25, -0.2) is 0 Å². The summed E-state index contributed by atoms with van der Waals surface area (Å²) in [7, 11) is 3.14. The van der Waals surface area contributed by atoms with Crippen LogP contribution in [-0.2, 0) is 6.54 Å². The van der Waals surface area contributed by atoms with E-state index < -0.39 is 0 Å². The first-order valence-corrected chi connectivity index (χ1v) is 8.90. The van der Waals surface area contributed by atoms with E-state index in [-0.39, 0.29) is 5.91 Å². The zero-order valence-corrected chi connectivity index (χ0v) is 16.0. The minimum absolute atomic E-state index is 0.0522. The number of halogens is 1. The number of thiophene rings is 1. The van der Waals surface area contributed by atoms with Crippen molar-refractivity contribution in [2.45, 2.75) is 6.54 Å². The summed E-state index contributed by atoms with van der Waals surface area (Å²) in [6, 6.07) is 7.54. The number of rotatable bonds is 7. The number of carbonyl (C=O) groups excluding carboxylic acids is 1. The maximum atomic E-state index is 12.9. The van der Waals surface area contributed by atoms with Gasteiger partial charge in [-0.1, -0.05) is 12.1 Å². The second-order valence-corrected chi connectivity index (χ2v) is 6.94. The van der Waals surface area contributed by atoms with Gasteiger partial charge in [0.25, 0.3) is 5.91 Å². The highest BCUT2D eigenvalue weighted by Gasteiger charge is 2.21. The molecule has 0 fully saturated rings. The maximum absolute atomic E-state index is 12.9. The maximum Gasteiger partial charge on any atom is 0.255 e. The van der Waals surface area contributed by atoms with Gasteiger partial charge in [-0.15, -0.1) is 17.9 Å². The predicted octanol–water partition coefficient (Wildman–Crippen LogP) is 4.20. The Labute approximate surface area is 153 Å². The highest BCUT2D eigenvalue weighted by molar-refractivity contribution is 14.1. The van der Waals surface area contributed by atoms with Crippen molar-refractivity contribution in [1.29, 1.82) is 0 Å². The van der Waals surface area contributed by atoms with Crippen molar-refractivity contribution in [1.82, 2.24) is 4.90 Å². The van der Waals surface area contributed by atoms with Crippen molar-refractivity contribution in [3.8, 4) is 11.5 Å². The Morgan fingerprint density at radius 1 is 1.35 bits per heavy atom. The minimum Gasteiger partial charge on any atom is -0.493 e. The van der Waals surface area contributed by atoms with Crippen molar-refractivity contribution in [3.05, 3.63) is 56.3 Å². The van der Waals surface area contributed by atoms with Crippen molar-refractivity contribution >= 4 is 39.8 Å². The molecule has 0 saturated carbocycles. The second-order valence-electron chi connectivity index (χ2n) is 4.74. The summed E-state index contributed by atoms with van der Waals surface area (Å²) >= 11 is 3.78. The summed E-state index contributed by atoms with van der Waals surface area (Å²) in [5, 5.41) is 2.01. The largest absolute Gasteiger partial charge is 0.493 e. The molecule has 0 saturated heterocycles. The van der Waals surface area contributed by atoms with Crippen LogP contribution in [0.1, 0.15) is 15.2 Å². The molecule has 0 aliphatic carbocycles. The lowest BCUT2D eigenvalue weighted by Crippen LogP contribution is -2.31. The van der Waals surface area contributed by atoms with Crippen molar-refractivity contribution in [2.24, 2.45) is 0 Å². The molecular weight excluding hydrogens is 425 g/mol. The molecular formula is C17H18INO3S. The Morgan fingerprint density at radius 3 is 2.61 bits per heavy atom. The fourth-order valence-electron chi connectivity index (χ4n) is 2.15. The molecule has 2 rings (SSSR count). The Bertz CT molecular complexity index is 685. The van der Waals surface area contributed by atoms with Gasteiger partial charge in [0.2, 0.25) is 0 Å². The molecule has 4 nitrogen and oxygen atoms in total. The topological polar surface area (TPSA) is 38.8 Å². The summed E-state index contributed by atoms with van der Waals surface area (Å²) < 4.78 is 11.4. The second kappa shape index (κ2) is 8.35. The quantitative estimate of drug-likeness (QED) is 0.476. The molecule has 0 aliphatic heterocycles. The van der Waals surface area contributed by atoms with Gasteiger partial charge in [0.15, 0.2) is 11.5 Å². The number of amides is 1. The highest BCUT2D eigenvalue weighted by atomic mass is 127. The van der Waals surface area contributed by atoms with Crippen LogP contribution >= 0.6 is 33.9 Å². The van der Waals surface area contributed by atoms with Gasteiger partial charge >= 0.3 is 0 Å². The third-order valence-electron chi connectivity index (χ3n) is 3.27. The SMILES string of the molecule is C=CCN(Cc1cccs1)C(=O)c1cc(OC)c(OC)cc1I. The number of nitrogens with zero attached hydrogens (tertiary/aromatic N) is 1. The first-order valence-electron chi connectivity index (χ1n) is 6.94. The molecule has 0 spiro atoms. The van der Waals surface area contributed by atoms with E-state index in [9.17, 15) is 4.79 Å². The summed E-state index contributed by atoms with van der Waals surface area (Å²) in [4.78, 5) is 15.8. The normalized spacial score (nSPS) is 10.2. The lowest BCUT2D eigenvalue weighted by atomic mass is 10.1. The number of hydrogen-bond donors (Lipinski definition) is 0. The van der Waals surface area contributed by atoms with Crippen LogP contribution in [0.4, 0.5) is 0 Å². The molecule has 122 valence electrons. The van der Waals surface area contributed by atoms with Crippen LogP contribution in [0, 0.1) is 3.57 Å². The fourth-order valence-corrected chi connectivity index (χ4v) is 3.54. The first kappa shape index (κ1) is 17.8. The van der Waals surface area contributed by atoms with E-state index in [1.54, 1.807) is 42.6 Å². The molecule has 0 radical (unpaired) electrons. The van der Waals surface area contributed by atoms with E-state index >= 15 is 0 Å². The Hall–Kier alpha value is -1.54. The summed E-state index contributed by atoms with van der Waals surface area (Å²) in [5.74, 6) is 1.11. The Morgan fingerprint density at radius 2 is 2.04 bits per heavy atom. The Balaban J connectivity index is 2.33.